The number of nitrogens with one attached hydrogen (secondary N) is 1. The first-order valence-corrected chi connectivity index (χ1v) is 9.27. The van der Waals surface area contributed by atoms with Crippen molar-refractivity contribution in [3.8, 4) is 11.1 Å². The molecule has 1 aliphatic heterocycles. The van der Waals surface area contributed by atoms with E-state index >= 15 is 0 Å². The van der Waals surface area contributed by atoms with E-state index in [1.54, 1.807) is 23.2 Å². The molecule has 1 fully saturated rings. The number of nitrogens with zero attached hydrogens (tertiary/aromatic N) is 2. The lowest BCUT2D eigenvalue weighted by Crippen LogP contribution is -2.50. The maximum atomic E-state index is 13.5. The Morgan fingerprint density at radius 3 is 2.79 bits per heavy atom. The fraction of sp³-hybridized carbons (Fsp3) is 0.381. The number of carbonyl (C=O) groups excluding carboxylic acids is 2. The van der Waals surface area contributed by atoms with Crippen LogP contribution < -0.4 is 5.32 Å². The molecule has 148 valence electrons. The summed E-state index contributed by atoms with van der Waals surface area (Å²) in [7, 11) is 1.36. The van der Waals surface area contributed by atoms with Crippen LogP contribution in [0.25, 0.3) is 11.1 Å². The number of aromatic nitrogens is 1. The highest BCUT2D eigenvalue weighted by molar-refractivity contribution is 5.91. The number of methoxy groups -OCH3 is 1. The number of likely N-dealkylation sites (tertiary alicyclic amines) is 1. The zero-order chi connectivity index (χ0) is 20.3. The summed E-state index contributed by atoms with van der Waals surface area (Å²) in [5, 5.41) is 2.89. The summed E-state index contributed by atoms with van der Waals surface area (Å²) in [6.07, 6.45) is 4.19. The molecule has 2 atom stereocenters. The summed E-state index contributed by atoms with van der Waals surface area (Å²) in [6.45, 7) is 4.35. The second kappa shape index (κ2) is 8.37. The second-order valence-corrected chi connectivity index (χ2v) is 7.06. The van der Waals surface area contributed by atoms with Gasteiger partial charge in [0.1, 0.15) is 5.82 Å². The number of rotatable bonds is 3. The van der Waals surface area contributed by atoms with Gasteiger partial charge in [-0.2, -0.15) is 0 Å². The Morgan fingerprint density at radius 2 is 2.07 bits per heavy atom. The van der Waals surface area contributed by atoms with Crippen LogP contribution in [0, 0.1) is 18.7 Å². The summed E-state index contributed by atoms with van der Waals surface area (Å²) >= 11 is 0. The van der Waals surface area contributed by atoms with Gasteiger partial charge in [0.2, 0.25) is 0 Å². The number of hydrogen-bond acceptors (Lipinski definition) is 4. The van der Waals surface area contributed by atoms with Crippen molar-refractivity contribution in [1.82, 2.24) is 9.88 Å². The molecule has 2 amide bonds. The van der Waals surface area contributed by atoms with Crippen molar-refractivity contribution in [3.05, 3.63) is 48.0 Å². The van der Waals surface area contributed by atoms with E-state index in [1.807, 2.05) is 19.9 Å². The molecule has 0 bridgehead atoms. The van der Waals surface area contributed by atoms with Gasteiger partial charge in [0.05, 0.1) is 19.2 Å². The van der Waals surface area contributed by atoms with E-state index in [1.165, 1.54) is 13.2 Å². The van der Waals surface area contributed by atoms with Crippen LogP contribution in [0.1, 0.15) is 25.3 Å². The van der Waals surface area contributed by atoms with Crippen molar-refractivity contribution in [2.24, 2.45) is 5.92 Å². The number of anilines is 1. The van der Waals surface area contributed by atoms with E-state index in [0.29, 0.717) is 24.2 Å². The second-order valence-electron chi connectivity index (χ2n) is 7.06. The van der Waals surface area contributed by atoms with Crippen LogP contribution in [0.4, 0.5) is 14.9 Å². The van der Waals surface area contributed by atoms with E-state index in [-0.39, 0.29) is 24.0 Å². The fourth-order valence-electron chi connectivity index (χ4n) is 3.66. The molecule has 7 heteroatoms. The predicted molar refractivity (Wildman–Crippen MR) is 104 cm³/mol. The molecule has 0 unspecified atom stereocenters. The first kappa shape index (κ1) is 19.8. The lowest BCUT2D eigenvalue weighted by Gasteiger charge is -2.37. The van der Waals surface area contributed by atoms with Gasteiger partial charge in [-0.1, -0.05) is 6.07 Å². The number of urea groups is 1. The van der Waals surface area contributed by atoms with Crippen LogP contribution in [-0.2, 0) is 9.53 Å². The number of amides is 2. The highest BCUT2D eigenvalue weighted by Gasteiger charge is 2.36. The van der Waals surface area contributed by atoms with Crippen LogP contribution in [0.5, 0.6) is 0 Å². The molecule has 0 saturated carbocycles. The van der Waals surface area contributed by atoms with E-state index in [0.717, 1.165) is 23.7 Å². The molecule has 0 radical (unpaired) electrons. The van der Waals surface area contributed by atoms with Crippen molar-refractivity contribution < 1.29 is 18.7 Å². The van der Waals surface area contributed by atoms with Gasteiger partial charge in [0.25, 0.3) is 0 Å². The average Bonchev–Trinajstić information content (AvgIpc) is 2.69. The third-order valence-electron chi connectivity index (χ3n) is 5.26. The summed E-state index contributed by atoms with van der Waals surface area (Å²) < 4.78 is 18.4. The largest absolute Gasteiger partial charge is 0.469 e. The lowest BCUT2D eigenvalue weighted by molar-refractivity contribution is -0.148. The van der Waals surface area contributed by atoms with Gasteiger partial charge in [-0.25, -0.2) is 9.18 Å². The van der Waals surface area contributed by atoms with Crippen molar-refractivity contribution in [2.75, 3.05) is 19.0 Å². The molecule has 0 spiro atoms. The normalized spacial score (nSPS) is 19.2. The zero-order valence-corrected chi connectivity index (χ0v) is 16.2. The number of benzene rings is 1. The van der Waals surface area contributed by atoms with Crippen LogP contribution in [0.3, 0.4) is 0 Å². The maximum Gasteiger partial charge on any atom is 0.322 e. The van der Waals surface area contributed by atoms with Crippen molar-refractivity contribution in [1.29, 1.82) is 0 Å². The van der Waals surface area contributed by atoms with Gasteiger partial charge in [0.15, 0.2) is 0 Å². The van der Waals surface area contributed by atoms with Gasteiger partial charge in [-0.3, -0.25) is 9.78 Å². The SMILES string of the molecule is COC(=O)[C@H]1CCCN(C(=O)Nc2ccc(C)c(-c3cncc(F)c3)c2)[C@@H]1C. The van der Waals surface area contributed by atoms with E-state index in [9.17, 15) is 14.0 Å². The van der Waals surface area contributed by atoms with Crippen LogP contribution in [0.2, 0.25) is 0 Å². The Bertz CT molecular complexity index is 887. The smallest absolute Gasteiger partial charge is 0.322 e. The first-order chi connectivity index (χ1) is 13.4. The highest BCUT2D eigenvalue weighted by Crippen LogP contribution is 2.28. The number of esters is 1. The molecule has 1 N–H and O–H groups in total. The molecule has 1 aromatic heterocycles. The summed E-state index contributed by atoms with van der Waals surface area (Å²) in [6, 6.07) is 6.36. The minimum atomic E-state index is -0.415. The highest BCUT2D eigenvalue weighted by atomic mass is 19.1. The summed E-state index contributed by atoms with van der Waals surface area (Å²) in [5.74, 6) is -1.03. The molecule has 1 aliphatic rings. The Morgan fingerprint density at radius 1 is 1.29 bits per heavy atom. The molecule has 1 saturated heterocycles. The molecule has 0 aliphatic carbocycles. The Balaban J connectivity index is 1.79. The number of carbonyl (C=O) groups is 2. The van der Waals surface area contributed by atoms with Gasteiger partial charge < -0.3 is 15.0 Å². The number of ether oxygens (including phenoxy) is 1. The maximum absolute atomic E-state index is 13.5. The molecule has 3 rings (SSSR count). The lowest BCUT2D eigenvalue weighted by atomic mass is 9.90. The van der Waals surface area contributed by atoms with Crippen molar-refractivity contribution in [2.45, 2.75) is 32.7 Å². The van der Waals surface area contributed by atoms with Crippen LogP contribution >= 0.6 is 0 Å². The minimum Gasteiger partial charge on any atom is -0.469 e. The minimum absolute atomic E-state index is 0.251. The zero-order valence-electron chi connectivity index (χ0n) is 16.2. The van der Waals surface area contributed by atoms with Crippen LogP contribution in [-0.4, -0.2) is 41.6 Å². The molecule has 2 aromatic rings. The number of pyridine rings is 1. The van der Waals surface area contributed by atoms with Gasteiger partial charge in [0, 0.05) is 30.0 Å². The number of halogens is 1. The Hall–Kier alpha value is -2.96. The molecule has 28 heavy (non-hydrogen) atoms. The van der Waals surface area contributed by atoms with E-state index < -0.39 is 5.82 Å². The van der Waals surface area contributed by atoms with E-state index in [2.05, 4.69) is 10.3 Å². The van der Waals surface area contributed by atoms with Crippen LogP contribution in [0.15, 0.2) is 36.7 Å². The molecular formula is C21H24FN3O3. The Kier molecular flexibility index (Phi) is 5.92. The molecule has 6 nitrogen and oxygen atoms in total. The molecular weight excluding hydrogens is 361 g/mol. The van der Waals surface area contributed by atoms with E-state index in [4.69, 9.17) is 4.74 Å². The van der Waals surface area contributed by atoms with Crippen molar-refractivity contribution in [3.63, 3.8) is 0 Å². The standard InChI is InChI=1S/C21H24FN3O3/c1-13-6-7-17(10-19(13)15-9-16(22)12-23-11-15)24-21(27)25-8-4-5-18(14(25)2)20(26)28-3/h6-7,9-12,14,18H,4-5,8H2,1-3H3,(H,24,27)/t14-,18+/m1/s1. The number of hydrogen-bond donors (Lipinski definition) is 1. The first-order valence-electron chi connectivity index (χ1n) is 9.27. The fourth-order valence-corrected chi connectivity index (χ4v) is 3.66. The quantitative estimate of drug-likeness (QED) is 0.811. The number of piperidine rings is 1. The van der Waals surface area contributed by atoms with Gasteiger partial charge >= 0.3 is 12.0 Å². The monoisotopic (exact) mass is 385 g/mol. The average molecular weight is 385 g/mol. The topological polar surface area (TPSA) is 71.5 Å². The Labute approximate surface area is 163 Å². The van der Waals surface area contributed by atoms with Gasteiger partial charge in [-0.05, 0) is 56.0 Å². The summed E-state index contributed by atoms with van der Waals surface area (Å²) in [5.41, 5.74) is 2.99. The summed E-state index contributed by atoms with van der Waals surface area (Å²) in [4.78, 5) is 30.3. The van der Waals surface area contributed by atoms with Gasteiger partial charge in [-0.15, -0.1) is 0 Å². The molecule has 2 heterocycles. The number of aryl methyl sites for hydroxylation is 1. The third kappa shape index (κ3) is 4.13. The third-order valence-corrected chi connectivity index (χ3v) is 5.26. The van der Waals surface area contributed by atoms with Crippen molar-refractivity contribution >= 4 is 17.7 Å². The predicted octanol–water partition coefficient (Wildman–Crippen LogP) is 4.00. The molecule has 1 aromatic carbocycles.